The standard InChI is InChI=1S/C16H18BrNO3/c1-10-7-18(8-11(2)21-10)16(19)13-5-12-6-14(17)3-4-15(12)20-9-13/h3-6,10-11H,7-9H2,1-2H3/t10-,11-/m0/s1. The van der Waals surface area contributed by atoms with Crippen LogP contribution in [0.1, 0.15) is 19.4 Å². The lowest BCUT2D eigenvalue weighted by molar-refractivity contribution is -0.139. The molecule has 1 saturated heterocycles. The van der Waals surface area contributed by atoms with Crippen molar-refractivity contribution >= 4 is 27.9 Å². The third-order valence-electron chi connectivity index (χ3n) is 3.67. The Morgan fingerprint density at radius 1 is 1.29 bits per heavy atom. The molecule has 2 aliphatic rings. The zero-order chi connectivity index (χ0) is 15.0. The Labute approximate surface area is 132 Å². The van der Waals surface area contributed by atoms with Crippen molar-refractivity contribution in [2.45, 2.75) is 26.1 Å². The van der Waals surface area contributed by atoms with Crippen molar-refractivity contribution in [2.75, 3.05) is 19.7 Å². The Balaban J connectivity index is 1.82. The van der Waals surface area contributed by atoms with Gasteiger partial charge in [0.05, 0.1) is 17.8 Å². The zero-order valence-electron chi connectivity index (χ0n) is 12.1. The van der Waals surface area contributed by atoms with E-state index < -0.39 is 0 Å². The van der Waals surface area contributed by atoms with Gasteiger partial charge in [-0.25, -0.2) is 0 Å². The Morgan fingerprint density at radius 2 is 2.00 bits per heavy atom. The summed E-state index contributed by atoms with van der Waals surface area (Å²) < 4.78 is 12.3. The molecule has 4 nitrogen and oxygen atoms in total. The number of carbonyl (C=O) groups is 1. The molecule has 0 unspecified atom stereocenters. The van der Waals surface area contributed by atoms with Gasteiger partial charge >= 0.3 is 0 Å². The predicted molar refractivity (Wildman–Crippen MR) is 84.2 cm³/mol. The van der Waals surface area contributed by atoms with Gasteiger partial charge in [0.1, 0.15) is 12.4 Å². The number of morpholine rings is 1. The molecule has 1 amide bonds. The Kier molecular flexibility index (Phi) is 4.04. The first-order chi connectivity index (χ1) is 10.0. The summed E-state index contributed by atoms with van der Waals surface area (Å²) in [7, 11) is 0. The number of nitrogens with zero attached hydrogens (tertiary/aromatic N) is 1. The van der Waals surface area contributed by atoms with Crippen molar-refractivity contribution in [1.29, 1.82) is 0 Å². The van der Waals surface area contributed by atoms with E-state index >= 15 is 0 Å². The molecule has 3 rings (SSSR count). The fraction of sp³-hybridized carbons (Fsp3) is 0.438. The van der Waals surface area contributed by atoms with Gasteiger partial charge in [-0.05, 0) is 38.1 Å². The van der Waals surface area contributed by atoms with Gasteiger partial charge in [0.15, 0.2) is 0 Å². The van der Waals surface area contributed by atoms with Crippen molar-refractivity contribution in [3.63, 3.8) is 0 Å². The Morgan fingerprint density at radius 3 is 2.71 bits per heavy atom. The summed E-state index contributed by atoms with van der Waals surface area (Å²) >= 11 is 3.44. The van der Waals surface area contributed by atoms with Crippen LogP contribution in [0.2, 0.25) is 0 Å². The van der Waals surface area contributed by atoms with Crippen LogP contribution in [0.3, 0.4) is 0 Å². The van der Waals surface area contributed by atoms with Crippen LogP contribution in [0, 0.1) is 0 Å². The van der Waals surface area contributed by atoms with Gasteiger partial charge in [0.2, 0.25) is 0 Å². The van der Waals surface area contributed by atoms with Gasteiger partial charge in [0.25, 0.3) is 5.91 Å². The molecular weight excluding hydrogens is 334 g/mol. The highest BCUT2D eigenvalue weighted by molar-refractivity contribution is 9.10. The van der Waals surface area contributed by atoms with Crippen molar-refractivity contribution in [2.24, 2.45) is 0 Å². The maximum atomic E-state index is 12.6. The lowest BCUT2D eigenvalue weighted by atomic mass is 10.1. The van der Waals surface area contributed by atoms with Crippen LogP contribution in [0.25, 0.3) is 6.08 Å². The smallest absolute Gasteiger partial charge is 0.253 e. The third kappa shape index (κ3) is 3.14. The lowest BCUT2D eigenvalue weighted by Gasteiger charge is -2.36. The van der Waals surface area contributed by atoms with E-state index in [1.54, 1.807) is 0 Å². The van der Waals surface area contributed by atoms with Crippen molar-refractivity contribution in [3.05, 3.63) is 33.8 Å². The summed E-state index contributed by atoms with van der Waals surface area (Å²) in [5.74, 6) is 0.862. The minimum atomic E-state index is 0.0441. The summed E-state index contributed by atoms with van der Waals surface area (Å²) in [4.78, 5) is 14.5. The molecule has 0 aromatic heterocycles. The second-order valence-corrected chi connectivity index (χ2v) is 6.52. The maximum Gasteiger partial charge on any atom is 0.253 e. The normalized spacial score (nSPS) is 24.9. The van der Waals surface area contributed by atoms with Gasteiger partial charge < -0.3 is 14.4 Å². The summed E-state index contributed by atoms with van der Waals surface area (Å²) in [6.45, 7) is 5.58. The Bertz CT molecular complexity index is 589. The molecule has 0 aliphatic carbocycles. The monoisotopic (exact) mass is 351 g/mol. The first-order valence-electron chi connectivity index (χ1n) is 7.10. The predicted octanol–water partition coefficient (Wildman–Crippen LogP) is 2.86. The number of benzene rings is 1. The van der Waals surface area contributed by atoms with E-state index in [0.717, 1.165) is 15.8 Å². The summed E-state index contributed by atoms with van der Waals surface area (Å²) in [5.41, 5.74) is 1.63. The summed E-state index contributed by atoms with van der Waals surface area (Å²) in [6, 6.07) is 5.81. The molecule has 0 spiro atoms. The zero-order valence-corrected chi connectivity index (χ0v) is 13.7. The van der Waals surface area contributed by atoms with Gasteiger partial charge in [-0.2, -0.15) is 0 Å². The van der Waals surface area contributed by atoms with E-state index in [-0.39, 0.29) is 18.1 Å². The van der Waals surface area contributed by atoms with Crippen molar-refractivity contribution < 1.29 is 14.3 Å². The molecular formula is C16H18BrNO3. The second-order valence-electron chi connectivity index (χ2n) is 5.61. The largest absolute Gasteiger partial charge is 0.488 e. The Hall–Kier alpha value is -1.33. The van der Waals surface area contributed by atoms with Crippen molar-refractivity contribution in [1.82, 2.24) is 4.90 Å². The van der Waals surface area contributed by atoms with Gasteiger partial charge in [0, 0.05) is 23.1 Å². The number of ether oxygens (including phenoxy) is 2. The van der Waals surface area contributed by atoms with Crippen LogP contribution in [-0.2, 0) is 9.53 Å². The molecule has 21 heavy (non-hydrogen) atoms. The van der Waals surface area contributed by atoms with E-state index in [2.05, 4.69) is 15.9 Å². The summed E-state index contributed by atoms with van der Waals surface area (Å²) in [6.07, 6.45) is 2.07. The van der Waals surface area contributed by atoms with E-state index in [1.807, 2.05) is 43.0 Å². The fourth-order valence-corrected chi connectivity index (χ4v) is 3.20. The number of fused-ring (bicyclic) bond motifs is 1. The molecule has 1 aromatic carbocycles. The molecule has 5 heteroatoms. The number of halogens is 1. The van der Waals surface area contributed by atoms with E-state index in [9.17, 15) is 4.79 Å². The second kappa shape index (κ2) is 5.81. The first kappa shape index (κ1) is 14.6. The average Bonchev–Trinajstić information content (AvgIpc) is 2.44. The van der Waals surface area contributed by atoms with Crippen molar-refractivity contribution in [3.8, 4) is 5.75 Å². The van der Waals surface area contributed by atoms with Gasteiger partial charge in [-0.15, -0.1) is 0 Å². The number of hydrogen-bond acceptors (Lipinski definition) is 3. The molecule has 0 bridgehead atoms. The molecule has 112 valence electrons. The number of rotatable bonds is 1. The van der Waals surface area contributed by atoms with E-state index in [1.165, 1.54) is 0 Å². The van der Waals surface area contributed by atoms with Crippen LogP contribution in [0.15, 0.2) is 28.2 Å². The molecule has 1 aromatic rings. The fourth-order valence-electron chi connectivity index (χ4n) is 2.82. The first-order valence-corrected chi connectivity index (χ1v) is 7.90. The molecule has 2 heterocycles. The highest BCUT2D eigenvalue weighted by atomic mass is 79.9. The topological polar surface area (TPSA) is 38.8 Å². The van der Waals surface area contributed by atoms with E-state index in [0.29, 0.717) is 25.3 Å². The van der Waals surface area contributed by atoms with Gasteiger partial charge in [-0.3, -0.25) is 4.79 Å². The van der Waals surface area contributed by atoms with Crippen LogP contribution in [0.4, 0.5) is 0 Å². The lowest BCUT2D eigenvalue weighted by Crippen LogP contribution is -2.49. The highest BCUT2D eigenvalue weighted by Crippen LogP contribution is 2.30. The van der Waals surface area contributed by atoms with Gasteiger partial charge in [-0.1, -0.05) is 15.9 Å². The van der Waals surface area contributed by atoms with E-state index in [4.69, 9.17) is 9.47 Å². The van der Waals surface area contributed by atoms with Crippen LogP contribution in [0.5, 0.6) is 5.75 Å². The number of carbonyl (C=O) groups excluding carboxylic acids is 1. The number of amides is 1. The molecule has 2 atom stereocenters. The SMILES string of the molecule is C[C@H]1CN(C(=O)C2=Cc3cc(Br)ccc3OC2)C[C@H](C)O1. The van der Waals surface area contributed by atoms with Crippen LogP contribution >= 0.6 is 15.9 Å². The minimum absolute atomic E-state index is 0.0441. The van der Waals surface area contributed by atoms with Crippen LogP contribution < -0.4 is 4.74 Å². The van der Waals surface area contributed by atoms with Crippen LogP contribution in [-0.4, -0.2) is 42.7 Å². The quantitative estimate of drug-likeness (QED) is 0.780. The third-order valence-corrected chi connectivity index (χ3v) is 4.16. The maximum absolute atomic E-state index is 12.6. The summed E-state index contributed by atoms with van der Waals surface area (Å²) in [5, 5.41) is 0. The average molecular weight is 352 g/mol. The minimum Gasteiger partial charge on any atom is -0.488 e. The molecule has 2 aliphatic heterocycles. The molecule has 1 fully saturated rings. The molecule has 0 N–H and O–H groups in total. The highest BCUT2D eigenvalue weighted by Gasteiger charge is 2.29. The molecule has 0 radical (unpaired) electrons. The number of hydrogen-bond donors (Lipinski definition) is 0. The molecule has 0 saturated carbocycles.